The molecule has 6 heteroatoms. The highest BCUT2D eigenvalue weighted by molar-refractivity contribution is 5.89. The first-order valence-electron chi connectivity index (χ1n) is 5.97. The van der Waals surface area contributed by atoms with Crippen LogP contribution in [-0.2, 0) is 4.74 Å². The number of carbonyl (C=O) groups is 2. The van der Waals surface area contributed by atoms with Gasteiger partial charge in [0.1, 0.15) is 6.61 Å². The molecule has 0 unspecified atom stereocenters. The third-order valence-corrected chi connectivity index (χ3v) is 3.18. The average molecular weight is 265 g/mol. The zero-order valence-corrected chi connectivity index (χ0v) is 10.2. The van der Waals surface area contributed by atoms with Crippen LogP contribution in [0.3, 0.4) is 0 Å². The van der Waals surface area contributed by atoms with Gasteiger partial charge in [-0.3, -0.25) is 4.90 Å². The summed E-state index contributed by atoms with van der Waals surface area (Å²) >= 11 is 0. The summed E-state index contributed by atoms with van der Waals surface area (Å²) in [5.74, 6) is -0.474. The molecule has 0 radical (unpaired) electrons. The van der Waals surface area contributed by atoms with Crippen LogP contribution in [0.2, 0.25) is 0 Å². The van der Waals surface area contributed by atoms with Crippen LogP contribution < -0.4 is 0 Å². The van der Waals surface area contributed by atoms with Crippen molar-refractivity contribution in [3.8, 4) is 0 Å². The van der Waals surface area contributed by atoms with E-state index < -0.39 is 18.1 Å². The zero-order chi connectivity index (χ0) is 13.8. The molecule has 2 atom stereocenters. The van der Waals surface area contributed by atoms with E-state index >= 15 is 0 Å². The largest absolute Gasteiger partial charge is 0.465 e. The fourth-order valence-electron chi connectivity index (χ4n) is 2.15. The molecule has 0 aromatic heterocycles. The molecule has 19 heavy (non-hydrogen) atoms. The number of carbonyl (C=O) groups excluding carboxylic acids is 1. The number of nitrogens with zero attached hydrogens (tertiary/aromatic N) is 1. The normalized spacial score (nSPS) is 21.6. The molecule has 0 saturated carbocycles. The fourth-order valence-corrected chi connectivity index (χ4v) is 2.15. The molecule has 1 fully saturated rings. The topological polar surface area (TPSA) is 87.1 Å². The van der Waals surface area contributed by atoms with Crippen molar-refractivity contribution in [1.82, 2.24) is 4.90 Å². The number of carboxylic acid groups (broad SMARTS) is 1. The summed E-state index contributed by atoms with van der Waals surface area (Å²) in [6.07, 6.45) is -0.601. The number of ether oxygens (including phenoxy) is 1. The van der Waals surface area contributed by atoms with E-state index in [0.29, 0.717) is 12.0 Å². The highest BCUT2D eigenvalue weighted by atomic mass is 16.5. The molecule has 1 aliphatic heterocycles. The molecule has 0 bridgehead atoms. The number of rotatable bonds is 4. The Morgan fingerprint density at radius 2 is 1.95 bits per heavy atom. The Bertz CT molecular complexity index is 461. The first-order chi connectivity index (χ1) is 9.13. The van der Waals surface area contributed by atoms with Gasteiger partial charge in [-0.1, -0.05) is 18.2 Å². The van der Waals surface area contributed by atoms with Crippen molar-refractivity contribution in [3.05, 3.63) is 35.9 Å². The second-order valence-electron chi connectivity index (χ2n) is 4.38. The predicted molar refractivity (Wildman–Crippen MR) is 65.9 cm³/mol. The highest BCUT2D eigenvalue weighted by Crippen LogP contribution is 2.25. The van der Waals surface area contributed by atoms with Gasteiger partial charge in [-0.2, -0.15) is 0 Å². The Labute approximate surface area is 110 Å². The minimum atomic E-state index is -1.11. The maximum absolute atomic E-state index is 11.7. The Morgan fingerprint density at radius 3 is 2.53 bits per heavy atom. The van der Waals surface area contributed by atoms with Gasteiger partial charge < -0.3 is 14.9 Å². The Balaban J connectivity index is 1.86. The summed E-state index contributed by atoms with van der Waals surface area (Å²) in [6, 6.07) is 7.75. The number of amides is 1. The van der Waals surface area contributed by atoms with Crippen LogP contribution in [-0.4, -0.2) is 52.5 Å². The summed E-state index contributed by atoms with van der Waals surface area (Å²) in [6.45, 7) is -0.202. The second kappa shape index (κ2) is 5.71. The lowest BCUT2D eigenvalue weighted by atomic mass is 9.95. The molecular weight excluding hydrogens is 250 g/mol. The zero-order valence-electron chi connectivity index (χ0n) is 10.2. The van der Waals surface area contributed by atoms with Gasteiger partial charge in [0.15, 0.2) is 0 Å². The van der Waals surface area contributed by atoms with Crippen LogP contribution in [0.1, 0.15) is 16.8 Å². The molecule has 1 heterocycles. The smallest absolute Gasteiger partial charge is 0.407 e. The number of aliphatic hydroxyl groups is 1. The molecule has 1 aromatic rings. The number of esters is 1. The van der Waals surface area contributed by atoms with Crippen LogP contribution >= 0.6 is 0 Å². The number of likely N-dealkylation sites (tertiary alicyclic amines) is 1. The number of hydrogen-bond donors (Lipinski definition) is 2. The van der Waals surface area contributed by atoms with Crippen LogP contribution in [0.4, 0.5) is 4.79 Å². The Hall–Kier alpha value is -2.08. The van der Waals surface area contributed by atoms with E-state index in [-0.39, 0.29) is 19.3 Å². The summed E-state index contributed by atoms with van der Waals surface area (Å²) in [5.41, 5.74) is 0.433. The lowest BCUT2D eigenvalue weighted by molar-refractivity contribution is -0.0342. The molecule has 0 aliphatic carbocycles. The van der Waals surface area contributed by atoms with Crippen molar-refractivity contribution >= 4 is 12.1 Å². The molecular formula is C13H15NO5. The first-order valence-corrected chi connectivity index (χ1v) is 5.97. The van der Waals surface area contributed by atoms with Crippen molar-refractivity contribution < 1.29 is 24.5 Å². The van der Waals surface area contributed by atoms with E-state index in [4.69, 9.17) is 14.9 Å². The van der Waals surface area contributed by atoms with Gasteiger partial charge in [-0.25, -0.2) is 9.59 Å². The fraction of sp³-hybridized carbons (Fsp3) is 0.385. The minimum Gasteiger partial charge on any atom is -0.465 e. The third-order valence-electron chi connectivity index (χ3n) is 3.18. The molecule has 1 aromatic carbocycles. The van der Waals surface area contributed by atoms with Gasteiger partial charge >= 0.3 is 12.1 Å². The molecule has 6 nitrogen and oxygen atoms in total. The van der Waals surface area contributed by atoms with E-state index in [9.17, 15) is 9.59 Å². The van der Waals surface area contributed by atoms with Gasteiger partial charge in [0.25, 0.3) is 0 Å². The SMILES string of the molecule is O=C(OC[C@@H]1C[C@H](CO)N1C(=O)O)c1ccccc1. The third kappa shape index (κ3) is 2.85. The van der Waals surface area contributed by atoms with Gasteiger partial charge in [-0.05, 0) is 18.6 Å². The van der Waals surface area contributed by atoms with Crippen molar-refractivity contribution in [3.63, 3.8) is 0 Å². The summed E-state index contributed by atoms with van der Waals surface area (Å²) < 4.78 is 5.08. The number of aliphatic hydroxyl groups excluding tert-OH is 1. The lowest BCUT2D eigenvalue weighted by Gasteiger charge is -2.45. The molecule has 102 valence electrons. The van der Waals surface area contributed by atoms with Crippen LogP contribution in [0.25, 0.3) is 0 Å². The predicted octanol–water partition coefficient (Wildman–Crippen LogP) is 0.957. The van der Waals surface area contributed by atoms with Gasteiger partial charge in [0.05, 0.1) is 24.3 Å². The van der Waals surface area contributed by atoms with Gasteiger partial charge in [0, 0.05) is 0 Å². The molecule has 2 N–H and O–H groups in total. The summed E-state index contributed by atoms with van der Waals surface area (Å²) in [5, 5.41) is 17.9. The first kappa shape index (κ1) is 13.4. The number of hydrogen-bond acceptors (Lipinski definition) is 4. The highest BCUT2D eigenvalue weighted by Gasteiger charge is 2.42. The van der Waals surface area contributed by atoms with Crippen LogP contribution in [0, 0.1) is 0 Å². The standard InChI is InChI=1S/C13H15NO5/c15-7-10-6-11(14(10)13(17)18)8-19-12(16)9-4-2-1-3-5-9/h1-5,10-11,15H,6-8H2,(H,17,18)/t10-,11+/m1/s1. The van der Waals surface area contributed by atoms with Crippen molar-refractivity contribution in [2.75, 3.05) is 13.2 Å². The van der Waals surface area contributed by atoms with Crippen LogP contribution in [0.5, 0.6) is 0 Å². The van der Waals surface area contributed by atoms with Crippen molar-refractivity contribution in [2.45, 2.75) is 18.5 Å². The van der Waals surface area contributed by atoms with Gasteiger partial charge in [-0.15, -0.1) is 0 Å². The van der Waals surface area contributed by atoms with E-state index in [2.05, 4.69) is 0 Å². The molecule has 2 rings (SSSR count). The Kier molecular flexibility index (Phi) is 4.01. The van der Waals surface area contributed by atoms with E-state index in [1.807, 2.05) is 0 Å². The lowest BCUT2D eigenvalue weighted by Crippen LogP contribution is -2.61. The number of benzene rings is 1. The van der Waals surface area contributed by atoms with E-state index in [0.717, 1.165) is 4.90 Å². The summed E-state index contributed by atoms with van der Waals surface area (Å²) in [4.78, 5) is 23.8. The van der Waals surface area contributed by atoms with Gasteiger partial charge in [0.2, 0.25) is 0 Å². The Morgan fingerprint density at radius 1 is 1.26 bits per heavy atom. The maximum atomic E-state index is 11.7. The monoisotopic (exact) mass is 265 g/mol. The molecule has 1 amide bonds. The average Bonchev–Trinajstić information content (AvgIpc) is 2.37. The van der Waals surface area contributed by atoms with Crippen molar-refractivity contribution in [1.29, 1.82) is 0 Å². The minimum absolute atomic E-state index is 0.0104. The van der Waals surface area contributed by atoms with Crippen molar-refractivity contribution in [2.24, 2.45) is 0 Å². The maximum Gasteiger partial charge on any atom is 0.407 e. The van der Waals surface area contributed by atoms with E-state index in [1.54, 1.807) is 30.3 Å². The molecule has 1 aliphatic rings. The molecule has 1 saturated heterocycles. The quantitative estimate of drug-likeness (QED) is 0.792. The second-order valence-corrected chi connectivity index (χ2v) is 4.38. The molecule has 0 spiro atoms. The summed E-state index contributed by atoms with van der Waals surface area (Å²) in [7, 11) is 0. The van der Waals surface area contributed by atoms with Crippen LogP contribution in [0.15, 0.2) is 30.3 Å². The van der Waals surface area contributed by atoms with E-state index in [1.165, 1.54) is 0 Å².